The molecule has 16 heavy (non-hydrogen) atoms. The maximum atomic E-state index is 13.5. The van der Waals surface area contributed by atoms with Gasteiger partial charge in [-0.1, -0.05) is 0 Å². The number of nitrogens with one attached hydrogen (secondary N) is 1. The van der Waals surface area contributed by atoms with E-state index in [9.17, 15) is 9.50 Å². The van der Waals surface area contributed by atoms with E-state index in [1.54, 1.807) is 31.1 Å². The molecule has 0 heterocycles. The lowest BCUT2D eigenvalue weighted by molar-refractivity contribution is 0.211. The predicted octanol–water partition coefficient (Wildman–Crippen LogP) is 1.90. The van der Waals surface area contributed by atoms with E-state index >= 15 is 0 Å². The van der Waals surface area contributed by atoms with E-state index in [1.165, 1.54) is 6.07 Å². The van der Waals surface area contributed by atoms with Crippen molar-refractivity contribution in [3.05, 3.63) is 24.0 Å². The van der Waals surface area contributed by atoms with E-state index in [-0.39, 0.29) is 11.7 Å². The largest absolute Gasteiger partial charge is 0.390 e. The summed E-state index contributed by atoms with van der Waals surface area (Å²) in [6.45, 7) is 0.310. The maximum absolute atomic E-state index is 13.5. The van der Waals surface area contributed by atoms with Crippen LogP contribution in [0.15, 0.2) is 18.2 Å². The number of hydrogen-bond donors (Lipinski definition) is 2. The van der Waals surface area contributed by atoms with Crippen LogP contribution in [-0.4, -0.2) is 37.7 Å². The molecule has 0 aliphatic carbocycles. The van der Waals surface area contributed by atoms with Crippen LogP contribution in [0.5, 0.6) is 0 Å². The van der Waals surface area contributed by atoms with Gasteiger partial charge < -0.3 is 15.3 Å². The molecular formula is C11H16ClFN2O. The fraction of sp³-hybridized carbons (Fsp3) is 0.455. The van der Waals surface area contributed by atoms with Crippen LogP contribution >= 0.6 is 11.6 Å². The van der Waals surface area contributed by atoms with Crippen LogP contribution in [0.4, 0.5) is 15.8 Å². The van der Waals surface area contributed by atoms with Crippen molar-refractivity contribution < 1.29 is 9.50 Å². The minimum atomic E-state index is -0.627. The lowest BCUT2D eigenvalue weighted by Gasteiger charge is -2.15. The smallest absolute Gasteiger partial charge is 0.148 e. The van der Waals surface area contributed by atoms with Crippen LogP contribution in [-0.2, 0) is 0 Å². The molecular weight excluding hydrogens is 231 g/mol. The second kappa shape index (κ2) is 5.92. The Morgan fingerprint density at radius 3 is 2.69 bits per heavy atom. The van der Waals surface area contributed by atoms with Crippen molar-refractivity contribution in [3.63, 3.8) is 0 Å². The molecule has 0 bridgehead atoms. The third kappa shape index (κ3) is 3.54. The van der Waals surface area contributed by atoms with E-state index < -0.39 is 6.10 Å². The highest BCUT2D eigenvalue weighted by Crippen LogP contribution is 2.20. The number of benzene rings is 1. The molecule has 0 radical (unpaired) electrons. The Bertz CT molecular complexity index is 347. The van der Waals surface area contributed by atoms with E-state index in [0.29, 0.717) is 17.9 Å². The first-order valence-electron chi connectivity index (χ1n) is 4.99. The van der Waals surface area contributed by atoms with Crippen LogP contribution in [0, 0.1) is 5.82 Å². The molecule has 3 nitrogen and oxygen atoms in total. The Hall–Kier alpha value is -1.00. The number of aliphatic hydroxyl groups is 1. The van der Waals surface area contributed by atoms with Crippen molar-refractivity contribution in [1.29, 1.82) is 0 Å². The Kier molecular flexibility index (Phi) is 4.83. The maximum Gasteiger partial charge on any atom is 0.148 e. The van der Waals surface area contributed by atoms with Crippen molar-refractivity contribution >= 4 is 23.0 Å². The number of alkyl halides is 1. The van der Waals surface area contributed by atoms with Gasteiger partial charge in [0.15, 0.2) is 0 Å². The molecule has 0 aliphatic heterocycles. The number of rotatable bonds is 5. The molecule has 1 unspecified atom stereocenters. The molecule has 0 spiro atoms. The molecule has 0 saturated carbocycles. The SMILES string of the molecule is CN(C)c1ccc(NCC(O)CCl)cc1F. The van der Waals surface area contributed by atoms with Gasteiger partial charge in [0.2, 0.25) is 0 Å². The van der Waals surface area contributed by atoms with Gasteiger partial charge in [-0.2, -0.15) is 0 Å². The van der Waals surface area contributed by atoms with Crippen molar-refractivity contribution in [3.8, 4) is 0 Å². The number of nitrogens with zero attached hydrogens (tertiary/aromatic N) is 1. The standard InChI is InChI=1S/C11H16ClFN2O/c1-15(2)11-4-3-8(5-10(11)13)14-7-9(16)6-12/h3-5,9,14,16H,6-7H2,1-2H3. The van der Waals surface area contributed by atoms with Crippen molar-refractivity contribution in [1.82, 2.24) is 0 Å². The summed E-state index contributed by atoms with van der Waals surface area (Å²) in [6.07, 6.45) is -0.627. The zero-order valence-corrected chi connectivity index (χ0v) is 10.1. The summed E-state index contributed by atoms with van der Waals surface area (Å²) in [5, 5.41) is 12.1. The molecule has 5 heteroatoms. The molecule has 0 aromatic heterocycles. The summed E-state index contributed by atoms with van der Waals surface area (Å²) in [4.78, 5) is 1.70. The van der Waals surface area contributed by atoms with Gasteiger partial charge in [-0.15, -0.1) is 11.6 Å². The minimum Gasteiger partial charge on any atom is -0.390 e. The van der Waals surface area contributed by atoms with Gasteiger partial charge in [-0.05, 0) is 18.2 Å². The van der Waals surface area contributed by atoms with Crippen molar-refractivity contribution in [2.75, 3.05) is 36.7 Å². The van der Waals surface area contributed by atoms with Crippen LogP contribution in [0.1, 0.15) is 0 Å². The normalized spacial score (nSPS) is 12.3. The number of halogens is 2. The average Bonchev–Trinajstić information content (AvgIpc) is 2.25. The Balaban J connectivity index is 2.66. The first-order chi connectivity index (χ1) is 7.54. The monoisotopic (exact) mass is 246 g/mol. The van der Waals surface area contributed by atoms with Gasteiger partial charge in [-0.25, -0.2) is 4.39 Å². The van der Waals surface area contributed by atoms with Gasteiger partial charge in [0.1, 0.15) is 5.82 Å². The van der Waals surface area contributed by atoms with E-state index in [4.69, 9.17) is 11.6 Å². The van der Waals surface area contributed by atoms with E-state index in [1.807, 2.05) is 0 Å². The number of hydrogen-bond acceptors (Lipinski definition) is 3. The van der Waals surface area contributed by atoms with Gasteiger partial charge in [0, 0.05) is 26.3 Å². The molecule has 0 saturated heterocycles. The lowest BCUT2D eigenvalue weighted by Crippen LogP contribution is -2.21. The Morgan fingerprint density at radius 2 is 2.19 bits per heavy atom. The molecule has 90 valence electrons. The zero-order valence-electron chi connectivity index (χ0n) is 9.37. The minimum absolute atomic E-state index is 0.158. The highest BCUT2D eigenvalue weighted by molar-refractivity contribution is 6.18. The summed E-state index contributed by atoms with van der Waals surface area (Å²) >= 11 is 5.45. The van der Waals surface area contributed by atoms with Crippen LogP contribution < -0.4 is 10.2 Å². The van der Waals surface area contributed by atoms with Crippen LogP contribution in [0.25, 0.3) is 0 Å². The van der Waals surface area contributed by atoms with Crippen LogP contribution in [0.3, 0.4) is 0 Å². The molecule has 0 fully saturated rings. The predicted molar refractivity (Wildman–Crippen MR) is 65.9 cm³/mol. The van der Waals surface area contributed by atoms with Crippen LogP contribution in [0.2, 0.25) is 0 Å². The second-order valence-electron chi connectivity index (χ2n) is 3.75. The molecule has 1 atom stereocenters. The van der Waals surface area contributed by atoms with E-state index in [2.05, 4.69) is 5.32 Å². The summed E-state index contributed by atoms with van der Waals surface area (Å²) < 4.78 is 13.5. The van der Waals surface area contributed by atoms with Gasteiger partial charge in [0.05, 0.1) is 17.7 Å². The van der Waals surface area contributed by atoms with Crippen molar-refractivity contribution in [2.24, 2.45) is 0 Å². The quantitative estimate of drug-likeness (QED) is 0.779. The fourth-order valence-electron chi connectivity index (χ4n) is 1.27. The average molecular weight is 247 g/mol. The first kappa shape index (κ1) is 13.1. The highest BCUT2D eigenvalue weighted by Gasteiger charge is 2.06. The summed E-state index contributed by atoms with van der Waals surface area (Å²) in [5.74, 6) is -0.138. The highest BCUT2D eigenvalue weighted by atomic mass is 35.5. The Labute approximate surface area is 99.8 Å². The second-order valence-corrected chi connectivity index (χ2v) is 4.06. The molecule has 1 aromatic rings. The summed E-state index contributed by atoms with van der Waals surface area (Å²) in [7, 11) is 3.56. The lowest BCUT2D eigenvalue weighted by atomic mass is 10.2. The van der Waals surface area contributed by atoms with E-state index in [0.717, 1.165) is 0 Å². The molecule has 1 rings (SSSR count). The van der Waals surface area contributed by atoms with Gasteiger partial charge in [0.25, 0.3) is 0 Å². The molecule has 0 aliphatic rings. The summed E-state index contributed by atoms with van der Waals surface area (Å²) in [6, 6.07) is 4.85. The zero-order chi connectivity index (χ0) is 12.1. The molecule has 2 N–H and O–H groups in total. The van der Waals surface area contributed by atoms with Crippen molar-refractivity contribution in [2.45, 2.75) is 6.10 Å². The fourth-order valence-corrected chi connectivity index (χ4v) is 1.38. The topological polar surface area (TPSA) is 35.5 Å². The third-order valence-corrected chi connectivity index (χ3v) is 2.51. The third-order valence-electron chi connectivity index (χ3n) is 2.15. The summed E-state index contributed by atoms with van der Waals surface area (Å²) in [5.41, 5.74) is 1.16. The number of aliphatic hydroxyl groups excluding tert-OH is 1. The van der Waals surface area contributed by atoms with Gasteiger partial charge >= 0.3 is 0 Å². The first-order valence-corrected chi connectivity index (χ1v) is 5.53. The molecule has 0 amide bonds. The molecule has 1 aromatic carbocycles. The number of anilines is 2. The Morgan fingerprint density at radius 1 is 1.50 bits per heavy atom. The van der Waals surface area contributed by atoms with Gasteiger partial charge in [-0.3, -0.25) is 0 Å².